The maximum Gasteiger partial charge on any atom is 0.240 e. The molecular formula is C15H20N2O2. The van der Waals surface area contributed by atoms with Gasteiger partial charge in [-0.1, -0.05) is 31.0 Å². The van der Waals surface area contributed by atoms with Gasteiger partial charge < -0.3 is 10.2 Å². The van der Waals surface area contributed by atoms with Gasteiger partial charge in [-0.3, -0.25) is 9.59 Å². The lowest BCUT2D eigenvalue weighted by Gasteiger charge is -2.17. The minimum atomic E-state index is -0.0878. The van der Waals surface area contributed by atoms with Crippen molar-refractivity contribution >= 4 is 17.5 Å². The van der Waals surface area contributed by atoms with Crippen molar-refractivity contribution in [1.82, 2.24) is 5.32 Å². The standard InChI is InChI=1S/C15H20N2O2/c1-3-4-7-16-14(18)10-17-13-6-5-11(2)8-12(13)9-15(17)19/h5-6,8H,3-4,7,9-10H2,1-2H3,(H,16,18). The van der Waals surface area contributed by atoms with Crippen LogP contribution in [0.1, 0.15) is 30.9 Å². The maximum absolute atomic E-state index is 12.0. The summed E-state index contributed by atoms with van der Waals surface area (Å²) in [5, 5.41) is 2.84. The number of amides is 2. The summed E-state index contributed by atoms with van der Waals surface area (Å²) in [4.78, 5) is 25.3. The average molecular weight is 260 g/mol. The van der Waals surface area contributed by atoms with Crippen LogP contribution in [0.3, 0.4) is 0 Å². The summed E-state index contributed by atoms with van der Waals surface area (Å²) < 4.78 is 0. The largest absolute Gasteiger partial charge is 0.355 e. The summed E-state index contributed by atoms with van der Waals surface area (Å²) in [6, 6.07) is 5.91. The number of carbonyl (C=O) groups is 2. The Hall–Kier alpha value is -1.84. The Morgan fingerprint density at radius 2 is 2.21 bits per heavy atom. The third-order valence-corrected chi connectivity index (χ3v) is 3.32. The van der Waals surface area contributed by atoms with Crippen molar-refractivity contribution in [2.45, 2.75) is 33.1 Å². The van der Waals surface area contributed by atoms with Crippen molar-refractivity contribution < 1.29 is 9.59 Å². The van der Waals surface area contributed by atoms with Crippen LogP contribution >= 0.6 is 0 Å². The van der Waals surface area contributed by atoms with Gasteiger partial charge in [0.05, 0.1) is 6.42 Å². The number of anilines is 1. The molecule has 0 saturated carbocycles. The summed E-state index contributed by atoms with van der Waals surface area (Å²) in [6.45, 7) is 4.89. The van der Waals surface area contributed by atoms with E-state index >= 15 is 0 Å². The smallest absolute Gasteiger partial charge is 0.240 e. The molecule has 1 heterocycles. The highest BCUT2D eigenvalue weighted by atomic mass is 16.2. The second-order valence-corrected chi connectivity index (χ2v) is 4.99. The average Bonchev–Trinajstić information content (AvgIpc) is 2.65. The number of nitrogens with zero attached hydrogens (tertiary/aromatic N) is 1. The highest BCUT2D eigenvalue weighted by Crippen LogP contribution is 2.29. The molecule has 0 atom stereocenters. The van der Waals surface area contributed by atoms with Crippen LogP contribution in [0, 0.1) is 6.92 Å². The van der Waals surface area contributed by atoms with Crippen molar-refractivity contribution in [1.29, 1.82) is 0 Å². The molecule has 0 saturated heterocycles. The molecular weight excluding hydrogens is 240 g/mol. The monoisotopic (exact) mass is 260 g/mol. The number of fused-ring (bicyclic) bond motifs is 1. The first kappa shape index (κ1) is 13.6. The first-order valence-electron chi connectivity index (χ1n) is 6.78. The van der Waals surface area contributed by atoms with Crippen LogP contribution < -0.4 is 10.2 Å². The molecule has 0 unspecified atom stereocenters. The molecule has 0 aliphatic carbocycles. The molecule has 4 heteroatoms. The van der Waals surface area contributed by atoms with Crippen molar-refractivity contribution in [3.63, 3.8) is 0 Å². The van der Waals surface area contributed by atoms with Crippen LogP contribution in [-0.4, -0.2) is 24.9 Å². The third-order valence-electron chi connectivity index (χ3n) is 3.32. The van der Waals surface area contributed by atoms with Crippen molar-refractivity contribution in [3.8, 4) is 0 Å². The Morgan fingerprint density at radius 3 is 2.95 bits per heavy atom. The van der Waals surface area contributed by atoms with Gasteiger partial charge in [-0.2, -0.15) is 0 Å². The molecule has 1 aromatic carbocycles. The van der Waals surface area contributed by atoms with Gasteiger partial charge in [-0.15, -0.1) is 0 Å². The second-order valence-electron chi connectivity index (χ2n) is 4.99. The number of carbonyl (C=O) groups excluding carboxylic acids is 2. The zero-order chi connectivity index (χ0) is 13.8. The molecule has 0 aromatic heterocycles. The normalized spacial score (nSPS) is 13.6. The Balaban J connectivity index is 2.02. The number of hydrogen-bond acceptors (Lipinski definition) is 2. The van der Waals surface area contributed by atoms with Gasteiger partial charge in [-0.05, 0) is 25.0 Å². The lowest BCUT2D eigenvalue weighted by molar-refractivity contribution is -0.123. The molecule has 2 rings (SSSR count). The number of benzene rings is 1. The van der Waals surface area contributed by atoms with Crippen molar-refractivity contribution in [3.05, 3.63) is 29.3 Å². The lowest BCUT2D eigenvalue weighted by Crippen LogP contribution is -2.39. The Kier molecular flexibility index (Phi) is 4.20. The Bertz CT molecular complexity index is 497. The molecule has 0 bridgehead atoms. The number of rotatable bonds is 5. The van der Waals surface area contributed by atoms with Gasteiger partial charge in [0.2, 0.25) is 11.8 Å². The van der Waals surface area contributed by atoms with Crippen LogP contribution in [0.15, 0.2) is 18.2 Å². The Morgan fingerprint density at radius 1 is 1.42 bits per heavy atom. The van der Waals surface area contributed by atoms with E-state index in [2.05, 4.69) is 12.2 Å². The molecule has 4 nitrogen and oxygen atoms in total. The van der Waals surface area contributed by atoms with Crippen LogP contribution in [0.4, 0.5) is 5.69 Å². The van der Waals surface area contributed by atoms with Crippen LogP contribution in [0.25, 0.3) is 0 Å². The van der Waals surface area contributed by atoms with Gasteiger partial charge in [0.15, 0.2) is 0 Å². The summed E-state index contributed by atoms with van der Waals surface area (Å²) in [5.41, 5.74) is 3.04. The molecule has 0 radical (unpaired) electrons. The van der Waals surface area contributed by atoms with Gasteiger partial charge in [0.25, 0.3) is 0 Å². The maximum atomic E-state index is 12.0. The SMILES string of the molecule is CCCCNC(=O)CN1C(=O)Cc2cc(C)ccc21. The second kappa shape index (κ2) is 5.87. The number of unbranched alkanes of at least 4 members (excludes halogenated alkanes) is 1. The number of aryl methyl sites for hydroxylation is 1. The fraction of sp³-hybridized carbons (Fsp3) is 0.467. The quantitative estimate of drug-likeness (QED) is 0.821. The summed E-state index contributed by atoms with van der Waals surface area (Å²) in [5.74, 6) is -0.0820. The minimum Gasteiger partial charge on any atom is -0.355 e. The number of hydrogen-bond donors (Lipinski definition) is 1. The summed E-state index contributed by atoms with van der Waals surface area (Å²) in [6.07, 6.45) is 2.42. The van der Waals surface area contributed by atoms with E-state index in [-0.39, 0.29) is 18.4 Å². The lowest BCUT2D eigenvalue weighted by atomic mass is 10.1. The van der Waals surface area contributed by atoms with Crippen molar-refractivity contribution in [2.75, 3.05) is 18.0 Å². The van der Waals surface area contributed by atoms with Crippen LogP contribution in [0.2, 0.25) is 0 Å². The molecule has 1 aliphatic rings. The molecule has 102 valence electrons. The van der Waals surface area contributed by atoms with Crippen LogP contribution in [0.5, 0.6) is 0 Å². The van der Waals surface area contributed by atoms with Crippen molar-refractivity contribution in [2.24, 2.45) is 0 Å². The predicted octanol–water partition coefficient (Wildman–Crippen LogP) is 1.80. The van der Waals surface area contributed by atoms with E-state index < -0.39 is 0 Å². The van der Waals surface area contributed by atoms with Gasteiger partial charge in [0.1, 0.15) is 6.54 Å². The third kappa shape index (κ3) is 3.13. The van der Waals surface area contributed by atoms with E-state index in [0.29, 0.717) is 13.0 Å². The first-order valence-corrected chi connectivity index (χ1v) is 6.78. The van der Waals surface area contributed by atoms with Gasteiger partial charge >= 0.3 is 0 Å². The fourth-order valence-electron chi connectivity index (χ4n) is 2.29. The van der Waals surface area contributed by atoms with E-state index in [4.69, 9.17) is 0 Å². The van der Waals surface area contributed by atoms with E-state index in [9.17, 15) is 9.59 Å². The van der Waals surface area contributed by atoms with E-state index in [0.717, 1.165) is 29.7 Å². The fourth-order valence-corrected chi connectivity index (χ4v) is 2.29. The molecule has 1 aromatic rings. The van der Waals surface area contributed by atoms with Crippen LogP contribution in [-0.2, 0) is 16.0 Å². The number of nitrogens with one attached hydrogen (secondary N) is 1. The van der Waals surface area contributed by atoms with E-state index in [1.165, 1.54) is 0 Å². The highest BCUT2D eigenvalue weighted by Gasteiger charge is 2.28. The van der Waals surface area contributed by atoms with Gasteiger partial charge in [-0.25, -0.2) is 0 Å². The molecule has 0 fully saturated rings. The van der Waals surface area contributed by atoms with Gasteiger partial charge in [0, 0.05) is 12.2 Å². The van der Waals surface area contributed by atoms with E-state index in [1.54, 1.807) is 4.90 Å². The summed E-state index contributed by atoms with van der Waals surface area (Å²) >= 11 is 0. The molecule has 1 aliphatic heterocycles. The zero-order valence-electron chi connectivity index (χ0n) is 11.5. The zero-order valence-corrected chi connectivity index (χ0v) is 11.5. The highest BCUT2D eigenvalue weighted by molar-refractivity contribution is 6.05. The van der Waals surface area contributed by atoms with E-state index in [1.807, 2.05) is 25.1 Å². The molecule has 19 heavy (non-hydrogen) atoms. The predicted molar refractivity (Wildman–Crippen MR) is 75.2 cm³/mol. The molecule has 1 N–H and O–H groups in total. The molecule has 2 amide bonds. The minimum absolute atomic E-state index is 0.00578. The summed E-state index contributed by atoms with van der Waals surface area (Å²) in [7, 11) is 0. The Labute approximate surface area is 113 Å². The first-order chi connectivity index (χ1) is 9.11. The topological polar surface area (TPSA) is 49.4 Å². The molecule has 0 spiro atoms.